The molecular weight excluding hydrogens is 431 g/mol. The Morgan fingerprint density at radius 2 is 1.82 bits per heavy atom. The van der Waals surface area contributed by atoms with Crippen LogP contribution in [0.2, 0.25) is 0 Å². The number of allylic oxidation sites excluding steroid dienone is 1. The molecule has 1 aliphatic heterocycles. The second kappa shape index (κ2) is 8.55. The number of rotatable bonds is 6. The molecule has 172 valence electrons. The highest BCUT2D eigenvalue weighted by atomic mass is 19.1. The van der Waals surface area contributed by atoms with E-state index in [1.165, 1.54) is 12.5 Å². The fourth-order valence-electron chi connectivity index (χ4n) is 4.41. The first-order chi connectivity index (χ1) is 16.4. The van der Waals surface area contributed by atoms with Gasteiger partial charge in [-0.15, -0.1) is 0 Å². The Balaban J connectivity index is 1.33. The molecule has 3 N–H and O–H groups in total. The summed E-state index contributed by atoms with van der Waals surface area (Å²) in [5.74, 6) is 0.0371. The maximum atomic E-state index is 14.9. The summed E-state index contributed by atoms with van der Waals surface area (Å²) >= 11 is 0. The number of nitrogens with zero attached hydrogens (tertiary/aromatic N) is 4. The Labute approximate surface area is 196 Å². The van der Waals surface area contributed by atoms with Gasteiger partial charge in [0.25, 0.3) is 0 Å². The number of anilines is 1. The lowest BCUT2D eigenvalue weighted by Crippen LogP contribution is -2.44. The number of piperazine rings is 1. The van der Waals surface area contributed by atoms with Crippen LogP contribution in [0.3, 0.4) is 0 Å². The predicted molar refractivity (Wildman–Crippen MR) is 133 cm³/mol. The maximum Gasteiger partial charge on any atom is 0.214 e. The van der Waals surface area contributed by atoms with E-state index in [1.807, 2.05) is 24.3 Å². The van der Waals surface area contributed by atoms with Gasteiger partial charge in [-0.2, -0.15) is 4.98 Å². The van der Waals surface area contributed by atoms with Crippen molar-refractivity contribution < 1.29 is 8.91 Å². The third-order valence-electron chi connectivity index (χ3n) is 6.32. The molecule has 0 radical (unpaired) electrons. The van der Waals surface area contributed by atoms with Gasteiger partial charge in [-0.3, -0.25) is 0 Å². The number of aromatic nitrogens is 3. The summed E-state index contributed by atoms with van der Waals surface area (Å²) < 4.78 is 19.8. The van der Waals surface area contributed by atoms with Crippen LogP contribution in [-0.2, 0) is 0 Å². The van der Waals surface area contributed by atoms with Crippen LogP contribution in [0.5, 0.6) is 0 Å². The number of nitrogens with one attached hydrogen (secondary N) is 1. The zero-order chi connectivity index (χ0) is 23.8. The monoisotopic (exact) mass is 456 g/mol. The lowest BCUT2D eigenvalue weighted by molar-refractivity contribution is 0.220. The van der Waals surface area contributed by atoms with Crippen LogP contribution < -0.4 is 5.73 Å². The summed E-state index contributed by atoms with van der Waals surface area (Å²) in [4.78, 5) is 11.7. The van der Waals surface area contributed by atoms with E-state index in [0.717, 1.165) is 48.8 Å². The average Bonchev–Trinajstić information content (AvgIpc) is 3.54. The van der Waals surface area contributed by atoms with E-state index < -0.39 is 0 Å². The second-order valence-electron chi connectivity index (χ2n) is 8.27. The molecule has 1 aliphatic rings. The van der Waals surface area contributed by atoms with Crippen molar-refractivity contribution in [3.63, 3.8) is 0 Å². The number of aromatic amines is 1. The number of halogens is 1. The Morgan fingerprint density at radius 3 is 2.53 bits per heavy atom. The van der Waals surface area contributed by atoms with E-state index in [2.05, 4.69) is 44.7 Å². The Bertz CT molecular complexity index is 1400. The van der Waals surface area contributed by atoms with Crippen molar-refractivity contribution in [3.8, 4) is 11.4 Å². The summed E-state index contributed by atoms with van der Waals surface area (Å²) in [6, 6.07) is 10.8. The smallest absolute Gasteiger partial charge is 0.214 e. The van der Waals surface area contributed by atoms with Crippen LogP contribution in [0, 0.1) is 5.82 Å². The number of nitrogens with two attached hydrogens (primary N) is 1. The first-order valence-corrected chi connectivity index (χ1v) is 10.9. The van der Waals surface area contributed by atoms with Crippen molar-refractivity contribution in [3.05, 3.63) is 91.4 Å². The summed E-state index contributed by atoms with van der Waals surface area (Å²) in [6.45, 7) is 15.8. The lowest BCUT2D eigenvalue weighted by Gasteiger charge is -2.39. The van der Waals surface area contributed by atoms with Crippen LogP contribution in [0.4, 0.5) is 10.1 Å². The fraction of sp³-hybridized carbons (Fsp3) is 0.154. The van der Waals surface area contributed by atoms with Crippen molar-refractivity contribution in [2.75, 3.05) is 31.9 Å². The first kappa shape index (κ1) is 21.5. The molecule has 8 heteroatoms. The first-order valence-electron chi connectivity index (χ1n) is 10.9. The number of hydrogen-bond acceptors (Lipinski definition) is 6. The van der Waals surface area contributed by atoms with E-state index in [-0.39, 0.29) is 5.82 Å². The van der Waals surface area contributed by atoms with Gasteiger partial charge < -0.3 is 25.0 Å². The topological polar surface area (TPSA) is 87.2 Å². The van der Waals surface area contributed by atoms with E-state index in [0.29, 0.717) is 33.4 Å². The van der Waals surface area contributed by atoms with Crippen molar-refractivity contribution in [2.45, 2.75) is 0 Å². The standard InChI is InChI=1S/C26H25FN6O/c1-16(22-14-29-25-21(26-30-15-34-31-26)7-8-23(27)24(22)25)17(2)32-9-11-33(12-10-32)18(3)19-5-4-6-20(28)13-19/h4-8,13-15,29H,1-3,9-12,28H2. The molecule has 1 saturated heterocycles. The molecule has 0 bridgehead atoms. The molecular formula is C26H25FN6O. The molecule has 0 atom stereocenters. The quantitative estimate of drug-likeness (QED) is 0.322. The Hall–Kier alpha value is -4.33. The van der Waals surface area contributed by atoms with Gasteiger partial charge in [0.15, 0.2) is 0 Å². The van der Waals surface area contributed by atoms with Crippen LogP contribution in [0.15, 0.2) is 78.9 Å². The zero-order valence-corrected chi connectivity index (χ0v) is 18.7. The van der Waals surface area contributed by atoms with Crippen molar-refractivity contribution in [1.82, 2.24) is 24.9 Å². The van der Waals surface area contributed by atoms with Crippen LogP contribution >= 0.6 is 0 Å². The zero-order valence-electron chi connectivity index (χ0n) is 18.7. The molecule has 0 aliphatic carbocycles. The highest BCUT2D eigenvalue weighted by Crippen LogP contribution is 2.35. The van der Waals surface area contributed by atoms with Gasteiger partial charge in [0.05, 0.1) is 5.52 Å². The number of benzene rings is 2. The molecule has 0 saturated carbocycles. The van der Waals surface area contributed by atoms with Crippen LogP contribution in [0.1, 0.15) is 11.1 Å². The molecule has 3 heterocycles. The summed E-state index contributed by atoms with van der Waals surface area (Å²) in [7, 11) is 0. The van der Waals surface area contributed by atoms with Crippen molar-refractivity contribution in [1.29, 1.82) is 0 Å². The van der Waals surface area contributed by atoms with Gasteiger partial charge in [-0.1, -0.05) is 37.0 Å². The number of hydrogen-bond donors (Lipinski definition) is 2. The normalized spacial score (nSPS) is 13.9. The van der Waals surface area contributed by atoms with Crippen molar-refractivity contribution >= 4 is 27.9 Å². The predicted octanol–water partition coefficient (Wildman–Crippen LogP) is 4.75. The highest BCUT2D eigenvalue weighted by molar-refractivity contribution is 6.01. The average molecular weight is 457 g/mol. The molecule has 4 aromatic rings. The molecule has 2 aromatic heterocycles. The van der Waals surface area contributed by atoms with Crippen molar-refractivity contribution in [2.24, 2.45) is 0 Å². The van der Waals surface area contributed by atoms with E-state index in [9.17, 15) is 4.39 Å². The molecule has 1 fully saturated rings. The third-order valence-corrected chi connectivity index (χ3v) is 6.32. The minimum Gasteiger partial charge on any atom is -0.399 e. The number of nitrogen functional groups attached to an aromatic ring is 1. The highest BCUT2D eigenvalue weighted by Gasteiger charge is 2.24. The van der Waals surface area contributed by atoms with Gasteiger partial charge in [-0.05, 0) is 35.4 Å². The van der Waals surface area contributed by atoms with Gasteiger partial charge in [0.2, 0.25) is 12.2 Å². The third kappa shape index (κ3) is 3.73. The molecule has 0 spiro atoms. The van der Waals surface area contributed by atoms with Crippen LogP contribution in [0.25, 0.3) is 33.6 Å². The summed E-state index contributed by atoms with van der Waals surface area (Å²) in [6.07, 6.45) is 3.00. The molecule has 2 aromatic carbocycles. The lowest BCUT2D eigenvalue weighted by atomic mass is 10.0. The Kier molecular flexibility index (Phi) is 5.41. The molecule has 0 unspecified atom stereocenters. The van der Waals surface area contributed by atoms with Gasteiger partial charge in [-0.25, -0.2) is 4.39 Å². The number of fused-ring (bicyclic) bond motifs is 1. The molecule has 0 amide bonds. The fourth-order valence-corrected chi connectivity index (χ4v) is 4.41. The summed E-state index contributed by atoms with van der Waals surface area (Å²) in [5.41, 5.74) is 11.9. The van der Waals surface area contributed by atoms with E-state index >= 15 is 0 Å². The van der Waals surface area contributed by atoms with Gasteiger partial charge >= 0.3 is 0 Å². The minimum atomic E-state index is -0.351. The molecule has 7 nitrogen and oxygen atoms in total. The molecule has 5 rings (SSSR count). The maximum absolute atomic E-state index is 14.9. The van der Waals surface area contributed by atoms with Crippen LogP contribution in [-0.4, -0.2) is 51.1 Å². The van der Waals surface area contributed by atoms with E-state index in [4.69, 9.17) is 10.3 Å². The second-order valence-corrected chi connectivity index (χ2v) is 8.27. The number of H-pyrrole nitrogens is 1. The van der Waals surface area contributed by atoms with E-state index in [1.54, 1.807) is 12.3 Å². The van der Waals surface area contributed by atoms with Gasteiger partial charge in [0.1, 0.15) is 5.82 Å². The summed E-state index contributed by atoms with van der Waals surface area (Å²) in [5, 5.41) is 4.31. The largest absolute Gasteiger partial charge is 0.399 e. The SMILES string of the molecule is C=C(C(=C)N1CCN(C(=C)c2cccc(N)c2)CC1)c1c[nH]c2c(-c3ncon3)ccc(F)c12. The molecule has 34 heavy (non-hydrogen) atoms. The Morgan fingerprint density at radius 1 is 1.06 bits per heavy atom. The van der Waals surface area contributed by atoms with Gasteiger partial charge in [0, 0.05) is 66.0 Å². The minimum absolute atomic E-state index is 0.351.